The van der Waals surface area contributed by atoms with Crippen LogP contribution in [0.5, 0.6) is 11.5 Å². The van der Waals surface area contributed by atoms with Crippen LogP contribution in [0.2, 0.25) is 0 Å². The first kappa shape index (κ1) is 23.0. The molecular formula is C31H27FN4O2. The van der Waals surface area contributed by atoms with Gasteiger partial charge in [0, 0.05) is 41.1 Å². The van der Waals surface area contributed by atoms with E-state index in [9.17, 15) is 5.11 Å². The summed E-state index contributed by atoms with van der Waals surface area (Å²) in [6.07, 6.45) is 3.12. The lowest BCUT2D eigenvalue weighted by Gasteiger charge is -2.22. The zero-order chi connectivity index (χ0) is 26.2. The summed E-state index contributed by atoms with van der Waals surface area (Å²) < 4.78 is 24.0. The largest absolute Gasteiger partial charge is 0.457 e. The third kappa shape index (κ3) is 3.53. The van der Waals surface area contributed by atoms with Crippen LogP contribution in [-0.4, -0.2) is 24.6 Å². The number of nitrogens with zero attached hydrogens (tertiary/aromatic N) is 4. The number of rotatable bonds is 5. The van der Waals surface area contributed by atoms with Crippen molar-refractivity contribution in [3.05, 3.63) is 102 Å². The van der Waals surface area contributed by atoms with E-state index >= 15 is 4.39 Å². The second kappa shape index (κ2) is 8.20. The summed E-state index contributed by atoms with van der Waals surface area (Å²) in [5.41, 5.74) is 2.39. The fourth-order valence-electron chi connectivity index (χ4n) is 6.00. The second-order valence-corrected chi connectivity index (χ2v) is 10.9. The normalized spacial score (nSPS) is 21.8. The Morgan fingerprint density at radius 1 is 0.974 bits per heavy atom. The van der Waals surface area contributed by atoms with Crippen molar-refractivity contribution < 1.29 is 14.2 Å². The summed E-state index contributed by atoms with van der Waals surface area (Å²) in [7, 11) is 0. The highest BCUT2D eigenvalue weighted by atomic mass is 19.1. The molecule has 4 atom stereocenters. The lowest BCUT2D eigenvalue weighted by molar-refractivity contribution is 0.0687. The molecule has 1 aliphatic carbocycles. The number of benzene rings is 3. The Morgan fingerprint density at radius 2 is 1.68 bits per heavy atom. The Labute approximate surface area is 219 Å². The molecule has 0 spiro atoms. The molecule has 0 bridgehead atoms. The molecule has 1 saturated carbocycles. The van der Waals surface area contributed by atoms with Gasteiger partial charge in [0.1, 0.15) is 28.7 Å². The predicted octanol–water partition coefficient (Wildman–Crippen LogP) is 6.60. The quantitative estimate of drug-likeness (QED) is 0.291. The molecule has 1 aliphatic heterocycles. The lowest BCUT2D eigenvalue weighted by atomic mass is 9.99. The number of hydrogen-bond donors (Lipinski definition) is 1. The van der Waals surface area contributed by atoms with Crippen molar-refractivity contribution in [1.82, 2.24) is 19.5 Å². The number of halogens is 1. The molecule has 7 heteroatoms. The maximum Gasteiger partial charge on any atom is 0.159 e. The van der Waals surface area contributed by atoms with Crippen molar-refractivity contribution in [2.45, 2.75) is 38.3 Å². The molecular weight excluding hydrogens is 479 g/mol. The Bertz CT molecular complexity index is 1670. The van der Waals surface area contributed by atoms with Gasteiger partial charge in [0.05, 0.1) is 17.1 Å². The molecule has 38 heavy (non-hydrogen) atoms. The van der Waals surface area contributed by atoms with Crippen molar-refractivity contribution in [3.63, 3.8) is 0 Å². The molecule has 0 radical (unpaired) electrons. The van der Waals surface area contributed by atoms with Crippen molar-refractivity contribution in [3.8, 4) is 22.6 Å². The van der Waals surface area contributed by atoms with E-state index in [1.54, 1.807) is 26.2 Å². The van der Waals surface area contributed by atoms with Gasteiger partial charge in [-0.05, 0) is 49.9 Å². The Hall–Kier alpha value is -4.10. The molecule has 5 aromatic rings. The summed E-state index contributed by atoms with van der Waals surface area (Å²) in [5, 5.41) is 10.2. The van der Waals surface area contributed by atoms with Crippen LogP contribution in [-0.2, 0) is 5.60 Å². The Balaban J connectivity index is 1.35. The zero-order valence-electron chi connectivity index (χ0n) is 21.3. The molecule has 7 rings (SSSR count). The summed E-state index contributed by atoms with van der Waals surface area (Å²) in [6, 6.07) is 21.3. The second-order valence-electron chi connectivity index (χ2n) is 10.9. The van der Waals surface area contributed by atoms with Crippen LogP contribution < -0.4 is 4.74 Å². The minimum absolute atomic E-state index is 0.0297. The molecule has 2 aromatic heterocycles. The molecule has 0 amide bonds. The van der Waals surface area contributed by atoms with Gasteiger partial charge < -0.3 is 14.4 Å². The third-order valence-electron chi connectivity index (χ3n) is 7.91. The van der Waals surface area contributed by atoms with Crippen LogP contribution in [0.1, 0.15) is 49.9 Å². The Morgan fingerprint density at radius 3 is 2.42 bits per heavy atom. The molecule has 2 aliphatic rings. The molecule has 1 fully saturated rings. The maximum absolute atomic E-state index is 15.3. The third-order valence-corrected chi connectivity index (χ3v) is 7.91. The van der Waals surface area contributed by atoms with Gasteiger partial charge in [0.25, 0.3) is 0 Å². The van der Waals surface area contributed by atoms with Gasteiger partial charge in [-0.25, -0.2) is 19.3 Å². The number of fused-ring (bicyclic) bond motifs is 5. The smallest absolute Gasteiger partial charge is 0.159 e. The van der Waals surface area contributed by atoms with Gasteiger partial charge in [-0.3, -0.25) is 0 Å². The van der Waals surface area contributed by atoms with Crippen molar-refractivity contribution >= 4 is 11.0 Å². The van der Waals surface area contributed by atoms with Crippen LogP contribution >= 0.6 is 0 Å². The standard InChI is InChI=1S/C31H27FN4O2/c1-17-26-27(17)29-35-23-14-22(32)21(18-15-33-30(34-16-18)31(2,3)37)13-24(23)36(29)28(26)20-11-7-8-12-25(20)38-19-9-5-4-6-10-19/h4-17,26-28,37H,1-3H3/t17-,26?,27?,28-/m0/s1. The first-order chi connectivity index (χ1) is 18.3. The molecule has 1 N–H and O–H groups in total. The fourth-order valence-corrected chi connectivity index (χ4v) is 6.00. The van der Waals surface area contributed by atoms with E-state index in [0.29, 0.717) is 34.4 Å². The highest BCUT2D eigenvalue weighted by Gasteiger charge is 2.61. The number of aromatic nitrogens is 4. The number of hydrogen-bond acceptors (Lipinski definition) is 5. The van der Waals surface area contributed by atoms with Crippen LogP contribution in [0, 0.1) is 17.7 Å². The number of ether oxygens (including phenoxy) is 1. The van der Waals surface area contributed by atoms with Crippen molar-refractivity contribution in [2.75, 3.05) is 0 Å². The van der Waals surface area contributed by atoms with Crippen LogP contribution in [0.15, 0.2) is 79.1 Å². The predicted molar refractivity (Wildman–Crippen MR) is 142 cm³/mol. The number of imidazole rings is 1. The minimum atomic E-state index is -1.17. The van der Waals surface area contributed by atoms with Crippen molar-refractivity contribution in [2.24, 2.45) is 11.8 Å². The summed E-state index contributed by atoms with van der Waals surface area (Å²) >= 11 is 0. The highest BCUT2D eigenvalue weighted by Crippen LogP contribution is 2.66. The highest BCUT2D eigenvalue weighted by molar-refractivity contribution is 5.84. The van der Waals surface area contributed by atoms with Gasteiger partial charge >= 0.3 is 0 Å². The van der Waals surface area contributed by atoms with E-state index in [-0.39, 0.29) is 17.7 Å². The van der Waals surface area contributed by atoms with E-state index in [1.165, 1.54) is 6.07 Å². The molecule has 3 heterocycles. The summed E-state index contributed by atoms with van der Waals surface area (Å²) in [6.45, 7) is 5.51. The lowest BCUT2D eigenvalue weighted by Crippen LogP contribution is -2.19. The fraction of sp³-hybridized carbons (Fsp3) is 0.258. The number of para-hydroxylation sites is 2. The van der Waals surface area contributed by atoms with Crippen LogP contribution in [0.25, 0.3) is 22.2 Å². The average Bonchev–Trinajstić information content (AvgIpc) is 3.24. The van der Waals surface area contributed by atoms with Gasteiger partial charge in [-0.15, -0.1) is 0 Å². The molecule has 2 unspecified atom stereocenters. The van der Waals surface area contributed by atoms with E-state index < -0.39 is 5.60 Å². The maximum atomic E-state index is 15.3. The first-order valence-electron chi connectivity index (χ1n) is 12.9. The number of aliphatic hydroxyl groups is 1. The van der Waals surface area contributed by atoms with Gasteiger partial charge in [0.15, 0.2) is 5.82 Å². The topological polar surface area (TPSA) is 73.1 Å². The minimum Gasteiger partial charge on any atom is -0.457 e. The van der Waals surface area contributed by atoms with Gasteiger partial charge in [-0.1, -0.05) is 43.3 Å². The Kier molecular flexibility index (Phi) is 4.97. The molecule has 0 saturated heterocycles. The van der Waals surface area contributed by atoms with E-state index in [0.717, 1.165) is 28.4 Å². The SMILES string of the molecule is C[C@@H]1C2c3nc4cc(F)c(-c5cnc(C(C)(C)O)nc5)cc4n3[C@@H](c3ccccc3Oc3ccccc3)C21. The monoisotopic (exact) mass is 506 g/mol. The summed E-state index contributed by atoms with van der Waals surface area (Å²) in [4.78, 5) is 13.5. The van der Waals surface area contributed by atoms with Crippen molar-refractivity contribution in [1.29, 1.82) is 0 Å². The molecule has 3 aromatic carbocycles. The van der Waals surface area contributed by atoms with E-state index in [4.69, 9.17) is 9.72 Å². The van der Waals surface area contributed by atoms with Crippen LogP contribution in [0.4, 0.5) is 4.39 Å². The van der Waals surface area contributed by atoms with Gasteiger partial charge in [0.2, 0.25) is 0 Å². The van der Waals surface area contributed by atoms with E-state index in [2.05, 4.69) is 27.5 Å². The zero-order valence-corrected chi connectivity index (χ0v) is 21.3. The van der Waals surface area contributed by atoms with Crippen LogP contribution in [0.3, 0.4) is 0 Å². The van der Waals surface area contributed by atoms with Gasteiger partial charge in [-0.2, -0.15) is 0 Å². The molecule has 190 valence electrons. The summed E-state index contributed by atoms with van der Waals surface area (Å²) in [5.74, 6) is 3.74. The average molecular weight is 507 g/mol. The first-order valence-corrected chi connectivity index (χ1v) is 12.9. The molecule has 6 nitrogen and oxygen atoms in total. The van der Waals surface area contributed by atoms with E-state index in [1.807, 2.05) is 54.6 Å².